The summed E-state index contributed by atoms with van der Waals surface area (Å²) in [6, 6.07) is 16.0. The Morgan fingerprint density at radius 2 is 1.63 bits per heavy atom. The van der Waals surface area contributed by atoms with Gasteiger partial charge in [-0.15, -0.1) is 0 Å². The molecule has 4 aromatic rings. The molecule has 9 heteroatoms. The van der Waals surface area contributed by atoms with E-state index in [1.807, 2.05) is 26.0 Å². The Bertz CT molecular complexity index is 1620. The Labute approximate surface area is 222 Å². The van der Waals surface area contributed by atoms with Gasteiger partial charge in [0.05, 0.1) is 41.6 Å². The first kappa shape index (κ1) is 25.2. The summed E-state index contributed by atoms with van der Waals surface area (Å²) in [4.78, 5) is 45.0. The molecule has 0 spiro atoms. The average Bonchev–Trinajstić information content (AvgIpc) is 3.46. The molecule has 0 bridgehead atoms. The molecule has 1 fully saturated rings. The summed E-state index contributed by atoms with van der Waals surface area (Å²) in [5, 5.41) is 11.7. The number of thiazole rings is 1. The van der Waals surface area contributed by atoms with Crippen LogP contribution in [0.3, 0.4) is 0 Å². The standard InChI is InChI=1S/C29H24N2O6S/c1-15-13-16(2)23-21(14-15)38-29(30-23)31-24(17-5-7-19(8-6-17)28(35)37-4)22(26(33)27(31)34)25(32)18-9-11-20(36-3)12-10-18/h5-14,24,32H,1-4H3. The predicted octanol–water partition coefficient (Wildman–Crippen LogP) is 5.33. The Morgan fingerprint density at radius 1 is 0.974 bits per heavy atom. The number of amides is 1. The zero-order valence-corrected chi connectivity index (χ0v) is 22.0. The van der Waals surface area contributed by atoms with Crippen molar-refractivity contribution in [2.75, 3.05) is 19.1 Å². The molecule has 8 nitrogen and oxygen atoms in total. The van der Waals surface area contributed by atoms with Crippen molar-refractivity contribution < 1.29 is 29.0 Å². The molecule has 38 heavy (non-hydrogen) atoms. The lowest BCUT2D eigenvalue weighted by molar-refractivity contribution is -0.132. The molecule has 1 amide bonds. The minimum absolute atomic E-state index is 0.0712. The third-order valence-electron chi connectivity index (χ3n) is 6.48. The van der Waals surface area contributed by atoms with E-state index in [1.165, 1.54) is 30.5 Å². The van der Waals surface area contributed by atoms with Crippen LogP contribution in [-0.4, -0.2) is 42.0 Å². The van der Waals surface area contributed by atoms with Crippen molar-refractivity contribution in [3.05, 3.63) is 94.1 Å². The number of carbonyl (C=O) groups is 3. The molecule has 1 aliphatic rings. The minimum Gasteiger partial charge on any atom is -0.507 e. The summed E-state index contributed by atoms with van der Waals surface area (Å²) in [7, 11) is 2.82. The van der Waals surface area contributed by atoms with Crippen molar-refractivity contribution in [2.24, 2.45) is 0 Å². The van der Waals surface area contributed by atoms with Gasteiger partial charge in [0, 0.05) is 5.56 Å². The minimum atomic E-state index is -0.967. The second-order valence-electron chi connectivity index (χ2n) is 8.94. The number of benzene rings is 3. The second-order valence-corrected chi connectivity index (χ2v) is 9.95. The van der Waals surface area contributed by atoms with Gasteiger partial charge in [-0.3, -0.25) is 14.5 Å². The molecule has 3 aromatic carbocycles. The molecule has 1 aliphatic heterocycles. The highest BCUT2D eigenvalue weighted by Gasteiger charge is 2.48. The van der Waals surface area contributed by atoms with Gasteiger partial charge in [-0.05, 0) is 73.0 Å². The molecule has 192 valence electrons. The highest BCUT2D eigenvalue weighted by atomic mass is 32.1. The number of aliphatic hydroxyl groups excluding tert-OH is 1. The number of nitrogens with zero attached hydrogens (tertiary/aromatic N) is 2. The van der Waals surface area contributed by atoms with E-state index in [0.717, 1.165) is 21.3 Å². The lowest BCUT2D eigenvalue weighted by Gasteiger charge is -2.23. The first-order valence-corrected chi connectivity index (χ1v) is 12.6. The summed E-state index contributed by atoms with van der Waals surface area (Å²) in [6.45, 7) is 3.93. The fraction of sp³-hybridized carbons (Fsp3) is 0.172. The molecular weight excluding hydrogens is 504 g/mol. The van der Waals surface area contributed by atoms with E-state index in [-0.39, 0.29) is 11.3 Å². The fourth-order valence-electron chi connectivity index (χ4n) is 4.63. The van der Waals surface area contributed by atoms with Crippen LogP contribution in [0.4, 0.5) is 5.13 Å². The summed E-state index contributed by atoms with van der Waals surface area (Å²) in [6.07, 6.45) is 0. The number of methoxy groups -OCH3 is 2. The number of hydrogen-bond donors (Lipinski definition) is 1. The van der Waals surface area contributed by atoms with Crippen molar-refractivity contribution in [1.29, 1.82) is 0 Å². The van der Waals surface area contributed by atoms with Crippen LogP contribution in [0.5, 0.6) is 5.75 Å². The number of aryl methyl sites for hydroxylation is 2. The third kappa shape index (κ3) is 4.20. The van der Waals surface area contributed by atoms with Gasteiger partial charge in [-0.25, -0.2) is 9.78 Å². The number of aliphatic hydroxyl groups is 1. The molecule has 0 saturated carbocycles. The van der Waals surface area contributed by atoms with Crippen LogP contribution in [0.2, 0.25) is 0 Å². The third-order valence-corrected chi connectivity index (χ3v) is 7.48. The lowest BCUT2D eigenvalue weighted by atomic mass is 9.94. The van der Waals surface area contributed by atoms with Crippen LogP contribution < -0.4 is 9.64 Å². The maximum Gasteiger partial charge on any atom is 0.337 e. The van der Waals surface area contributed by atoms with Crippen LogP contribution in [-0.2, 0) is 14.3 Å². The number of anilines is 1. The molecule has 2 heterocycles. The predicted molar refractivity (Wildman–Crippen MR) is 145 cm³/mol. The number of carbonyl (C=O) groups excluding carboxylic acids is 3. The zero-order valence-electron chi connectivity index (χ0n) is 21.1. The number of ketones is 1. The van der Waals surface area contributed by atoms with Gasteiger partial charge < -0.3 is 14.6 Å². The molecule has 1 N–H and O–H groups in total. The maximum atomic E-state index is 13.5. The van der Waals surface area contributed by atoms with Gasteiger partial charge in [0.1, 0.15) is 11.5 Å². The molecule has 1 aromatic heterocycles. The quantitative estimate of drug-likeness (QED) is 0.161. The van der Waals surface area contributed by atoms with E-state index >= 15 is 0 Å². The van der Waals surface area contributed by atoms with Crippen LogP contribution >= 0.6 is 11.3 Å². The Morgan fingerprint density at radius 3 is 2.26 bits per heavy atom. The lowest BCUT2D eigenvalue weighted by Crippen LogP contribution is -2.29. The monoisotopic (exact) mass is 528 g/mol. The zero-order chi connectivity index (χ0) is 27.1. The van der Waals surface area contributed by atoms with E-state index in [1.54, 1.807) is 48.5 Å². The van der Waals surface area contributed by atoms with Crippen molar-refractivity contribution in [2.45, 2.75) is 19.9 Å². The summed E-state index contributed by atoms with van der Waals surface area (Å²) in [5.74, 6) is -1.87. The highest BCUT2D eigenvalue weighted by Crippen LogP contribution is 2.44. The summed E-state index contributed by atoms with van der Waals surface area (Å²) >= 11 is 1.30. The van der Waals surface area contributed by atoms with E-state index in [0.29, 0.717) is 27.6 Å². The fourth-order valence-corrected chi connectivity index (χ4v) is 5.80. The number of ether oxygens (including phenoxy) is 2. The Kier molecular flexibility index (Phi) is 6.46. The van der Waals surface area contributed by atoms with Crippen LogP contribution in [0.15, 0.2) is 66.2 Å². The van der Waals surface area contributed by atoms with Gasteiger partial charge >= 0.3 is 11.9 Å². The number of aromatic nitrogens is 1. The van der Waals surface area contributed by atoms with Gasteiger partial charge in [-0.2, -0.15) is 0 Å². The second kappa shape index (κ2) is 9.75. The number of rotatable bonds is 5. The van der Waals surface area contributed by atoms with Crippen molar-refractivity contribution >= 4 is 50.1 Å². The van der Waals surface area contributed by atoms with E-state index in [4.69, 9.17) is 14.5 Å². The molecule has 0 radical (unpaired) electrons. The van der Waals surface area contributed by atoms with Gasteiger partial charge in [0.15, 0.2) is 5.13 Å². The molecule has 5 rings (SSSR count). The number of fused-ring (bicyclic) bond motifs is 1. The topological polar surface area (TPSA) is 106 Å². The van der Waals surface area contributed by atoms with E-state index < -0.39 is 23.7 Å². The van der Waals surface area contributed by atoms with Crippen LogP contribution in [0, 0.1) is 13.8 Å². The Hall–Kier alpha value is -4.50. The number of esters is 1. The summed E-state index contributed by atoms with van der Waals surface area (Å²) < 4.78 is 10.9. The molecule has 1 atom stereocenters. The smallest absolute Gasteiger partial charge is 0.337 e. The molecule has 1 saturated heterocycles. The molecular formula is C29H24N2O6S. The van der Waals surface area contributed by atoms with Crippen LogP contribution in [0.1, 0.15) is 38.7 Å². The average molecular weight is 529 g/mol. The largest absolute Gasteiger partial charge is 0.507 e. The van der Waals surface area contributed by atoms with Crippen molar-refractivity contribution in [3.8, 4) is 5.75 Å². The van der Waals surface area contributed by atoms with Gasteiger partial charge in [0.25, 0.3) is 5.78 Å². The maximum absolute atomic E-state index is 13.5. The molecule has 1 unspecified atom stereocenters. The normalized spacial score (nSPS) is 16.7. The summed E-state index contributed by atoms with van der Waals surface area (Å²) in [5.41, 5.74) is 3.88. The van der Waals surface area contributed by atoms with Crippen molar-refractivity contribution in [1.82, 2.24) is 4.98 Å². The van der Waals surface area contributed by atoms with E-state index in [9.17, 15) is 19.5 Å². The highest BCUT2D eigenvalue weighted by molar-refractivity contribution is 7.22. The first-order valence-electron chi connectivity index (χ1n) is 11.7. The van der Waals surface area contributed by atoms with Gasteiger partial charge in [0.2, 0.25) is 0 Å². The number of Topliss-reactive ketones (excluding diaryl/α,β-unsaturated/α-hetero) is 1. The van der Waals surface area contributed by atoms with Crippen LogP contribution in [0.25, 0.3) is 16.0 Å². The molecule has 0 aliphatic carbocycles. The Balaban J connectivity index is 1.71. The number of hydrogen-bond acceptors (Lipinski definition) is 8. The first-order chi connectivity index (χ1) is 18.2. The van der Waals surface area contributed by atoms with Crippen molar-refractivity contribution in [3.63, 3.8) is 0 Å². The van der Waals surface area contributed by atoms with E-state index in [2.05, 4.69) is 0 Å². The SMILES string of the molecule is COC(=O)c1ccc(C2C(=C(O)c3ccc(OC)cc3)C(=O)C(=O)N2c2nc3c(C)cc(C)cc3s2)cc1. The van der Waals surface area contributed by atoms with Gasteiger partial charge in [-0.1, -0.05) is 29.5 Å².